The van der Waals surface area contributed by atoms with Crippen molar-refractivity contribution in [2.75, 3.05) is 53.0 Å². The Balaban J connectivity index is 1.68. The number of carbonyl (C=O) groups excluding carboxylic acids is 1. The number of ether oxygens (including phenoxy) is 1. The lowest BCUT2D eigenvalue weighted by Gasteiger charge is -2.40. The molecule has 0 spiro atoms. The van der Waals surface area contributed by atoms with E-state index < -0.39 is 0 Å². The second-order valence-electron chi connectivity index (χ2n) is 5.47. The molecule has 0 aliphatic carbocycles. The molecule has 19 heavy (non-hydrogen) atoms. The average molecular weight is 269 g/mol. The van der Waals surface area contributed by atoms with Crippen molar-refractivity contribution in [1.29, 1.82) is 0 Å². The Morgan fingerprint density at radius 3 is 2.53 bits per heavy atom. The van der Waals surface area contributed by atoms with Gasteiger partial charge in [-0.2, -0.15) is 0 Å². The van der Waals surface area contributed by atoms with Gasteiger partial charge in [0.25, 0.3) is 0 Å². The molecule has 0 aromatic carbocycles. The molecule has 2 heterocycles. The summed E-state index contributed by atoms with van der Waals surface area (Å²) < 4.78 is 5.41. The highest BCUT2D eigenvalue weighted by atomic mass is 16.5. The molecule has 2 fully saturated rings. The van der Waals surface area contributed by atoms with Crippen molar-refractivity contribution in [2.24, 2.45) is 0 Å². The van der Waals surface area contributed by atoms with Gasteiger partial charge in [-0.1, -0.05) is 0 Å². The van der Waals surface area contributed by atoms with Crippen LogP contribution in [0.15, 0.2) is 0 Å². The highest BCUT2D eigenvalue weighted by Gasteiger charge is 2.26. The van der Waals surface area contributed by atoms with E-state index in [1.807, 2.05) is 11.9 Å². The van der Waals surface area contributed by atoms with E-state index >= 15 is 0 Å². The molecule has 0 bridgehead atoms. The van der Waals surface area contributed by atoms with Crippen molar-refractivity contribution in [1.82, 2.24) is 15.1 Å². The Hall–Kier alpha value is -0.650. The summed E-state index contributed by atoms with van der Waals surface area (Å²) in [7, 11) is 1.93. The first-order valence-corrected chi connectivity index (χ1v) is 7.55. The standard InChI is InChI=1S/C14H27N3O2/c1-15-6-2-3-14(18)17-9-7-16(8-10-17)13-4-11-19-12-5-13/h13,15H,2-12H2,1H3. The number of hydrogen-bond donors (Lipinski definition) is 1. The lowest BCUT2D eigenvalue weighted by atomic mass is 10.1. The predicted molar refractivity (Wildman–Crippen MR) is 75.2 cm³/mol. The fourth-order valence-corrected chi connectivity index (χ4v) is 2.96. The van der Waals surface area contributed by atoms with E-state index in [9.17, 15) is 4.79 Å². The normalized spacial score (nSPS) is 22.7. The molecule has 0 unspecified atom stereocenters. The molecule has 2 aliphatic heterocycles. The van der Waals surface area contributed by atoms with E-state index in [1.54, 1.807) is 0 Å². The van der Waals surface area contributed by atoms with E-state index in [0.29, 0.717) is 18.4 Å². The quantitative estimate of drug-likeness (QED) is 0.730. The fraction of sp³-hybridized carbons (Fsp3) is 0.929. The van der Waals surface area contributed by atoms with E-state index in [4.69, 9.17) is 4.74 Å². The molecule has 5 nitrogen and oxygen atoms in total. The molecule has 2 saturated heterocycles. The summed E-state index contributed by atoms with van der Waals surface area (Å²) in [6, 6.07) is 0.676. The van der Waals surface area contributed by atoms with Crippen LogP contribution in [0, 0.1) is 0 Å². The van der Waals surface area contributed by atoms with Crippen LogP contribution in [0.1, 0.15) is 25.7 Å². The second kappa shape index (κ2) is 7.82. The molecule has 1 amide bonds. The summed E-state index contributed by atoms with van der Waals surface area (Å²) in [6.07, 6.45) is 3.92. The van der Waals surface area contributed by atoms with E-state index in [2.05, 4.69) is 10.2 Å². The van der Waals surface area contributed by atoms with Gasteiger partial charge in [0.05, 0.1) is 0 Å². The largest absolute Gasteiger partial charge is 0.381 e. The van der Waals surface area contributed by atoms with Gasteiger partial charge in [0.2, 0.25) is 5.91 Å². The Morgan fingerprint density at radius 1 is 1.21 bits per heavy atom. The predicted octanol–water partition coefficient (Wildman–Crippen LogP) is 0.309. The minimum Gasteiger partial charge on any atom is -0.381 e. The SMILES string of the molecule is CNCCCC(=O)N1CCN(C2CCOCC2)CC1. The lowest BCUT2D eigenvalue weighted by Crippen LogP contribution is -2.53. The molecule has 0 atom stereocenters. The number of amides is 1. The van der Waals surface area contributed by atoms with Crippen molar-refractivity contribution >= 4 is 5.91 Å². The Labute approximate surface area is 116 Å². The van der Waals surface area contributed by atoms with Crippen LogP contribution in [-0.4, -0.2) is 74.7 Å². The van der Waals surface area contributed by atoms with Gasteiger partial charge in [-0.3, -0.25) is 9.69 Å². The second-order valence-corrected chi connectivity index (χ2v) is 5.47. The van der Waals surface area contributed by atoms with E-state index in [0.717, 1.165) is 65.2 Å². The maximum atomic E-state index is 12.0. The summed E-state index contributed by atoms with van der Waals surface area (Å²) in [4.78, 5) is 16.6. The summed E-state index contributed by atoms with van der Waals surface area (Å²) in [5.74, 6) is 0.321. The smallest absolute Gasteiger partial charge is 0.222 e. The van der Waals surface area contributed by atoms with Crippen LogP contribution in [0.25, 0.3) is 0 Å². The highest BCUT2D eigenvalue weighted by Crippen LogP contribution is 2.16. The number of rotatable bonds is 5. The number of hydrogen-bond acceptors (Lipinski definition) is 4. The Bertz CT molecular complexity index is 272. The van der Waals surface area contributed by atoms with E-state index in [-0.39, 0.29) is 0 Å². The van der Waals surface area contributed by atoms with Gasteiger partial charge in [0.15, 0.2) is 0 Å². The summed E-state index contributed by atoms with van der Waals surface area (Å²) >= 11 is 0. The molecule has 1 N–H and O–H groups in total. The maximum Gasteiger partial charge on any atom is 0.222 e. The van der Waals surface area contributed by atoms with Gasteiger partial charge in [0.1, 0.15) is 0 Å². The van der Waals surface area contributed by atoms with Gasteiger partial charge >= 0.3 is 0 Å². The molecule has 5 heteroatoms. The zero-order valence-electron chi connectivity index (χ0n) is 12.1. The molecule has 0 saturated carbocycles. The highest BCUT2D eigenvalue weighted by molar-refractivity contribution is 5.76. The van der Waals surface area contributed by atoms with Crippen LogP contribution in [0.2, 0.25) is 0 Å². The van der Waals surface area contributed by atoms with Crippen molar-refractivity contribution in [2.45, 2.75) is 31.7 Å². The molecule has 0 aromatic rings. The Morgan fingerprint density at radius 2 is 1.89 bits per heavy atom. The lowest BCUT2D eigenvalue weighted by molar-refractivity contribution is -0.133. The first-order valence-electron chi connectivity index (χ1n) is 7.55. The monoisotopic (exact) mass is 269 g/mol. The third kappa shape index (κ3) is 4.44. The molecule has 2 aliphatic rings. The van der Waals surface area contributed by atoms with Crippen LogP contribution < -0.4 is 5.32 Å². The first-order chi connectivity index (χ1) is 9.31. The molecular formula is C14H27N3O2. The molecule has 0 aromatic heterocycles. The van der Waals surface area contributed by atoms with Crippen molar-refractivity contribution in [3.8, 4) is 0 Å². The number of nitrogens with one attached hydrogen (secondary N) is 1. The summed E-state index contributed by atoms with van der Waals surface area (Å²) in [5, 5.41) is 3.09. The zero-order valence-corrected chi connectivity index (χ0v) is 12.1. The van der Waals surface area contributed by atoms with Gasteiger partial charge in [0, 0.05) is 51.9 Å². The van der Waals surface area contributed by atoms with Crippen LogP contribution in [0.5, 0.6) is 0 Å². The topological polar surface area (TPSA) is 44.8 Å². The van der Waals surface area contributed by atoms with Crippen LogP contribution >= 0.6 is 0 Å². The minimum atomic E-state index is 0.321. The van der Waals surface area contributed by atoms with Crippen LogP contribution in [-0.2, 0) is 9.53 Å². The van der Waals surface area contributed by atoms with Crippen molar-refractivity contribution < 1.29 is 9.53 Å². The molecular weight excluding hydrogens is 242 g/mol. The van der Waals surface area contributed by atoms with Crippen molar-refractivity contribution in [3.63, 3.8) is 0 Å². The third-order valence-corrected chi connectivity index (χ3v) is 4.19. The van der Waals surface area contributed by atoms with Crippen LogP contribution in [0.4, 0.5) is 0 Å². The zero-order chi connectivity index (χ0) is 13.5. The summed E-state index contributed by atoms with van der Waals surface area (Å²) in [6.45, 7) is 6.58. The van der Waals surface area contributed by atoms with Gasteiger partial charge in [-0.05, 0) is 32.9 Å². The number of carbonyl (C=O) groups is 1. The van der Waals surface area contributed by atoms with Crippen LogP contribution in [0.3, 0.4) is 0 Å². The summed E-state index contributed by atoms with van der Waals surface area (Å²) in [5.41, 5.74) is 0. The number of nitrogens with zero attached hydrogens (tertiary/aromatic N) is 2. The van der Waals surface area contributed by atoms with Crippen molar-refractivity contribution in [3.05, 3.63) is 0 Å². The average Bonchev–Trinajstić information content (AvgIpc) is 2.48. The van der Waals surface area contributed by atoms with Gasteiger partial charge < -0.3 is 15.0 Å². The third-order valence-electron chi connectivity index (χ3n) is 4.19. The van der Waals surface area contributed by atoms with Gasteiger partial charge in [-0.15, -0.1) is 0 Å². The Kier molecular flexibility index (Phi) is 6.07. The molecule has 110 valence electrons. The van der Waals surface area contributed by atoms with E-state index in [1.165, 1.54) is 0 Å². The minimum absolute atomic E-state index is 0.321. The molecule has 2 rings (SSSR count). The molecule has 0 radical (unpaired) electrons. The number of piperazine rings is 1. The van der Waals surface area contributed by atoms with Gasteiger partial charge in [-0.25, -0.2) is 0 Å². The first kappa shape index (κ1) is 14.8. The maximum absolute atomic E-state index is 12.0. The fourth-order valence-electron chi connectivity index (χ4n) is 2.96.